The fraction of sp³-hybridized carbons (Fsp3) is 0.917. The van der Waals surface area contributed by atoms with Crippen LogP contribution in [0.2, 0.25) is 0 Å². The van der Waals surface area contributed by atoms with Gasteiger partial charge in [0, 0.05) is 11.8 Å². The van der Waals surface area contributed by atoms with E-state index in [1.165, 1.54) is 45.2 Å². The van der Waals surface area contributed by atoms with Crippen molar-refractivity contribution in [3.05, 3.63) is 0 Å². The van der Waals surface area contributed by atoms with E-state index in [1.807, 2.05) is 0 Å². The Morgan fingerprint density at radius 2 is 1.64 bits per heavy atom. The van der Waals surface area contributed by atoms with Gasteiger partial charge in [-0.1, -0.05) is 6.42 Å². The molecular weight excluding hydrogens is 174 g/mol. The van der Waals surface area contributed by atoms with Crippen LogP contribution < -0.4 is 5.32 Å². The molecule has 3 aliphatic rings. The molecule has 2 unspecified atom stereocenters. The van der Waals surface area contributed by atoms with Gasteiger partial charge in [0.05, 0.1) is 0 Å². The van der Waals surface area contributed by atoms with Crippen LogP contribution in [0, 0.1) is 23.7 Å². The van der Waals surface area contributed by atoms with Gasteiger partial charge in [-0.2, -0.15) is 0 Å². The van der Waals surface area contributed by atoms with Crippen LogP contribution in [0.1, 0.15) is 32.1 Å². The standard InChI is InChI=1S/C12H19NO/c14-12(8-2-1-3-8)9-4-10-6-13-7-11(10)5-9/h8-11,13H,1-7H2. The second-order valence-electron chi connectivity index (χ2n) is 5.38. The molecule has 14 heavy (non-hydrogen) atoms. The van der Waals surface area contributed by atoms with E-state index in [0.29, 0.717) is 17.6 Å². The molecule has 2 aliphatic carbocycles. The van der Waals surface area contributed by atoms with Crippen molar-refractivity contribution in [1.82, 2.24) is 5.32 Å². The molecule has 1 N–H and O–H groups in total. The first-order valence-electron chi connectivity index (χ1n) is 6.09. The number of rotatable bonds is 2. The predicted octanol–water partition coefficient (Wildman–Crippen LogP) is 1.60. The lowest BCUT2D eigenvalue weighted by Gasteiger charge is -2.26. The van der Waals surface area contributed by atoms with Crippen LogP contribution in [0.3, 0.4) is 0 Å². The normalized spacial score (nSPS) is 42.1. The molecule has 2 heteroatoms. The number of carbonyl (C=O) groups is 1. The molecule has 3 rings (SSSR count). The average molecular weight is 193 g/mol. The number of hydrogen-bond acceptors (Lipinski definition) is 2. The van der Waals surface area contributed by atoms with Crippen molar-refractivity contribution in [3.8, 4) is 0 Å². The van der Waals surface area contributed by atoms with E-state index in [0.717, 1.165) is 11.8 Å². The Morgan fingerprint density at radius 3 is 2.14 bits per heavy atom. The van der Waals surface area contributed by atoms with Crippen LogP contribution in [-0.2, 0) is 4.79 Å². The molecule has 0 aromatic heterocycles. The molecule has 2 atom stereocenters. The van der Waals surface area contributed by atoms with Crippen molar-refractivity contribution in [3.63, 3.8) is 0 Å². The van der Waals surface area contributed by atoms with Gasteiger partial charge in [-0.25, -0.2) is 0 Å². The Bertz CT molecular complexity index is 235. The van der Waals surface area contributed by atoms with Gasteiger partial charge in [0.1, 0.15) is 5.78 Å². The Balaban J connectivity index is 1.61. The highest BCUT2D eigenvalue weighted by atomic mass is 16.1. The van der Waals surface area contributed by atoms with Gasteiger partial charge in [0.2, 0.25) is 0 Å². The summed E-state index contributed by atoms with van der Waals surface area (Å²) >= 11 is 0. The van der Waals surface area contributed by atoms with Gasteiger partial charge in [0.15, 0.2) is 0 Å². The molecule has 0 aromatic rings. The molecule has 0 radical (unpaired) electrons. The number of ketones is 1. The van der Waals surface area contributed by atoms with E-state index in [9.17, 15) is 4.79 Å². The largest absolute Gasteiger partial charge is 0.316 e. The minimum absolute atomic E-state index is 0.442. The molecule has 2 saturated carbocycles. The van der Waals surface area contributed by atoms with Gasteiger partial charge in [-0.3, -0.25) is 4.79 Å². The minimum atomic E-state index is 0.442. The molecule has 3 fully saturated rings. The predicted molar refractivity (Wildman–Crippen MR) is 54.9 cm³/mol. The van der Waals surface area contributed by atoms with Crippen LogP contribution in [-0.4, -0.2) is 18.9 Å². The van der Waals surface area contributed by atoms with Crippen LogP contribution in [0.15, 0.2) is 0 Å². The van der Waals surface area contributed by atoms with Crippen molar-refractivity contribution >= 4 is 5.78 Å². The van der Waals surface area contributed by atoms with Crippen molar-refractivity contribution < 1.29 is 4.79 Å². The fourth-order valence-electron chi connectivity index (χ4n) is 3.42. The van der Waals surface area contributed by atoms with E-state index in [1.54, 1.807) is 0 Å². The first-order valence-corrected chi connectivity index (χ1v) is 6.09. The second kappa shape index (κ2) is 3.34. The number of hydrogen-bond donors (Lipinski definition) is 1. The van der Waals surface area contributed by atoms with Gasteiger partial charge in [0.25, 0.3) is 0 Å². The lowest BCUT2D eigenvalue weighted by molar-refractivity contribution is -0.129. The van der Waals surface area contributed by atoms with Crippen LogP contribution in [0.25, 0.3) is 0 Å². The zero-order valence-electron chi connectivity index (χ0n) is 8.67. The summed E-state index contributed by atoms with van der Waals surface area (Å²) in [5.41, 5.74) is 0. The Hall–Kier alpha value is -0.370. The lowest BCUT2D eigenvalue weighted by Crippen LogP contribution is -2.28. The quantitative estimate of drug-likeness (QED) is 0.721. The highest BCUT2D eigenvalue weighted by molar-refractivity contribution is 5.84. The molecular formula is C12H19NO. The summed E-state index contributed by atoms with van der Waals surface area (Å²) in [4.78, 5) is 12.0. The van der Waals surface area contributed by atoms with Gasteiger partial charge < -0.3 is 5.32 Å². The molecule has 0 aromatic carbocycles. The first-order chi connectivity index (χ1) is 6.84. The molecule has 1 saturated heterocycles. The van der Waals surface area contributed by atoms with E-state index in [4.69, 9.17) is 0 Å². The van der Waals surface area contributed by atoms with E-state index in [2.05, 4.69) is 5.32 Å². The van der Waals surface area contributed by atoms with Gasteiger partial charge >= 0.3 is 0 Å². The number of nitrogens with one attached hydrogen (secondary N) is 1. The average Bonchev–Trinajstić information content (AvgIpc) is 2.56. The summed E-state index contributed by atoms with van der Waals surface area (Å²) in [6.45, 7) is 2.33. The van der Waals surface area contributed by atoms with Crippen LogP contribution in [0.4, 0.5) is 0 Å². The fourth-order valence-corrected chi connectivity index (χ4v) is 3.42. The summed E-state index contributed by atoms with van der Waals surface area (Å²) in [6.07, 6.45) is 6.03. The zero-order chi connectivity index (χ0) is 9.54. The Kier molecular flexibility index (Phi) is 2.12. The second-order valence-corrected chi connectivity index (χ2v) is 5.38. The maximum absolute atomic E-state index is 12.0. The summed E-state index contributed by atoms with van der Waals surface area (Å²) in [5.74, 6) is 3.17. The third-order valence-corrected chi connectivity index (χ3v) is 4.56. The SMILES string of the molecule is O=C(C1CCC1)C1CC2CNCC2C1. The van der Waals surface area contributed by atoms with Crippen molar-refractivity contribution in [2.45, 2.75) is 32.1 Å². The van der Waals surface area contributed by atoms with Crippen LogP contribution in [0.5, 0.6) is 0 Å². The highest BCUT2D eigenvalue weighted by Crippen LogP contribution is 2.42. The molecule has 78 valence electrons. The highest BCUT2D eigenvalue weighted by Gasteiger charge is 2.42. The summed E-state index contributed by atoms with van der Waals surface area (Å²) < 4.78 is 0. The van der Waals surface area contributed by atoms with Gasteiger partial charge in [-0.15, -0.1) is 0 Å². The lowest BCUT2D eigenvalue weighted by atomic mass is 9.77. The Labute approximate surface area is 85.4 Å². The third kappa shape index (κ3) is 1.31. The third-order valence-electron chi connectivity index (χ3n) is 4.56. The van der Waals surface area contributed by atoms with Gasteiger partial charge in [-0.05, 0) is 50.6 Å². The Morgan fingerprint density at radius 1 is 1.00 bits per heavy atom. The summed E-state index contributed by atoms with van der Waals surface area (Å²) in [7, 11) is 0. The molecule has 0 spiro atoms. The molecule has 1 heterocycles. The number of carbonyl (C=O) groups excluding carboxylic acids is 1. The topological polar surface area (TPSA) is 29.1 Å². The minimum Gasteiger partial charge on any atom is -0.316 e. The summed E-state index contributed by atoms with van der Waals surface area (Å²) in [6, 6.07) is 0. The molecule has 1 aliphatic heterocycles. The van der Waals surface area contributed by atoms with E-state index >= 15 is 0 Å². The monoisotopic (exact) mass is 193 g/mol. The smallest absolute Gasteiger partial charge is 0.139 e. The van der Waals surface area contributed by atoms with E-state index < -0.39 is 0 Å². The number of Topliss-reactive ketones (excluding diaryl/α,β-unsaturated/α-hetero) is 1. The molecule has 2 nitrogen and oxygen atoms in total. The number of fused-ring (bicyclic) bond motifs is 1. The maximum atomic E-state index is 12.0. The zero-order valence-corrected chi connectivity index (χ0v) is 8.67. The van der Waals surface area contributed by atoms with Crippen molar-refractivity contribution in [1.29, 1.82) is 0 Å². The van der Waals surface area contributed by atoms with Crippen molar-refractivity contribution in [2.75, 3.05) is 13.1 Å². The maximum Gasteiger partial charge on any atom is 0.139 e. The molecule has 0 amide bonds. The van der Waals surface area contributed by atoms with Crippen LogP contribution >= 0.6 is 0 Å². The summed E-state index contributed by atoms with van der Waals surface area (Å²) in [5, 5.41) is 3.43. The van der Waals surface area contributed by atoms with E-state index in [-0.39, 0.29) is 0 Å². The van der Waals surface area contributed by atoms with Crippen molar-refractivity contribution in [2.24, 2.45) is 23.7 Å². The first kappa shape index (κ1) is 8.90. The molecule has 0 bridgehead atoms.